The average Bonchev–Trinajstić information content (AvgIpc) is 3.12. The van der Waals surface area contributed by atoms with Gasteiger partial charge in [-0.2, -0.15) is 0 Å². The van der Waals surface area contributed by atoms with E-state index in [1.807, 2.05) is 6.07 Å². The Morgan fingerprint density at radius 3 is 2.69 bits per heavy atom. The average molecular weight is 361 g/mol. The van der Waals surface area contributed by atoms with E-state index >= 15 is 0 Å². The summed E-state index contributed by atoms with van der Waals surface area (Å²) in [5.41, 5.74) is 2.39. The topological polar surface area (TPSA) is 66.0 Å². The minimum absolute atomic E-state index is 0.00197. The Labute approximate surface area is 157 Å². The van der Waals surface area contributed by atoms with Crippen molar-refractivity contribution in [3.8, 4) is 5.75 Å². The van der Waals surface area contributed by atoms with Gasteiger partial charge >= 0.3 is 0 Å². The highest BCUT2D eigenvalue weighted by atomic mass is 16.5. The molecule has 0 spiro atoms. The number of aliphatic imine (C=N–C) groups is 1. The van der Waals surface area contributed by atoms with E-state index in [1.165, 1.54) is 24.0 Å². The molecule has 1 aliphatic carbocycles. The summed E-state index contributed by atoms with van der Waals surface area (Å²) in [6.07, 6.45) is 5.66. The van der Waals surface area contributed by atoms with E-state index in [0.717, 1.165) is 37.5 Å². The number of amides is 1. The maximum Gasteiger partial charge on any atom is 0.243 e. The van der Waals surface area contributed by atoms with Gasteiger partial charge in [0, 0.05) is 26.7 Å². The Bertz CT molecular complexity index is 622. The maximum atomic E-state index is 11.8. The van der Waals surface area contributed by atoms with E-state index in [1.54, 1.807) is 26.1 Å². The molecule has 1 aromatic rings. The van der Waals surface area contributed by atoms with Crippen molar-refractivity contribution in [2.24, 2.45) is 4.99 Å². The van der Waals surface area contributed by atoms with Crippen LogP contribution in [0.5, 0.6) is 5.75 Å². The summed E-state index contributed by atoms with van der Waals surface area (Å²) in [4.78, 5) is 17.9. The smallest absolute Gasteiger partial charge is 0.243 e. The number of nitrogens with one attached hydrogen (secondary N) is 2. The van der Waals surface area contributed by atoms with Crippen LogP contribution in [0.3, 0.4) is 0 Å². The Kier molecular flexibility index (Phi) is 7.75. The van der Waals surface area contributed by atoms with E-state index in [-0.39, 0.29) is 12.5 Å². The largest absolute Gasteiger partial charge is 0.496 e. The molecule has 0 radical (unpaired) electrons. The third-order valence-corrected chi connectivity index (χ3v) is 4.69. The Balaban J connectivity index is 1.96. The molecule has 0 aliphatic heterocycles. The van der Waals surface area contributed by atoms with Gasteiger partial charge in [0.2, 0.25) is 5.91 Å². The minimum atomic E-state index is -0.00197. The fraction of sp³-hybridized carbons (Fsp3) is 0.600. The molecular formula is C20H32N4O2. The molecule has 2 rings (SSSR count). The lowest BCUT2D eigenvalue weighted by Gasteiger charge is -2.18. The van der Waals surface area contributed by atoms with Crippen LogP contribution in [0.2, 0.25) is 0 Å². The van der Waals surface area contributed by atoms with Gasteiger partial charge in [-0.15, -0.1) is 0 Å². The fourth-order valence-corrected chi connectivity index (χ4v) is 3.12. The van der Waals surface area contributed by atoms with Gasteiger partial charge in [0.1, 0.15) is 12.3 Å². The lowest BCUT2D eigenvalue weighted by Crippen LogP contribution is -2.43. The molecule has 2 N–H and O–H groups in total. The van der Waals surface area contributed by atoms with Gasteiger partial charge in [0.05, 0.1) is 7.11 Å². The van der Waals surface area contributed by atoms with Crippen molar-refractivity contribution in [3.05, 3.63) is 29.3 Å². The van der Waals surface area contributed by atoms with Crippen molar-refractivity contribution in [2.75, 3.05) is 34.3 Å². The van der Waals surface area contributed by atoms with E-state index in [2.05, 4.69) is 34.7 Å². The summed E-state index contributed by atoms with van der Waals surface area (Å²) in [7, 11) is 5.20. The first-order valence-corrected chi connectivity index (χ1v) is 9.38. The summed E-state index contributed by atoms with van der Waals surface area (Å²) >= 11 is 0. The zero-order valence-corrected chi connectivity index (χ0v) is 16.5. The molecule has 26 heavy (non-hydrogen) atoms. The van der Waals surface area contributed by atoms with Crippen LogP contribution >= 0.6 is 0 Å². The molecule has 6 nitrogen and oxygen atoms in total. The number of carbonyl (C=O) groups excluding carboxylic acids is 1. The van der Waals surface area contributed by atoms with Gasteiger partial charge in [-0.1, -0.05) is 30.5 Å². The van der Waals surface area contributed by atoms with Crippen molar-refractivity contribution in [2.45, 2.75) is 45.1 Å². The first kappa shape index (κ1) is 20.1. The van der Waals surface area contributed by atoms with Gasteiger partial charge < -0.3 is 20.3 Å². The van der Waals surface area contributed by atoms with Crippen LogP contribution < -0.4 is 15.4 Å². The lowest BCUT2D eigenvalue weighted by molar-refractivity contribution is -0.127. The third kappa shape index (κ3) is 6.24. The first-order valence-electron chi connectivity index (χ1n) is 9.38. The second-order valence-corrected chi connectivity index (χ2v) is 7.07. The molecule has 0 aromatic heterocycles. The summed E-state index contributed by atoms with van der Waals surface area (Å²) < 4.78 is 5.45. The lowest BCUT2D eigenvalue weighted by atomic mass is 10.1. The van der Waals surface area contributed by atoms with Crippen LogP contribution in [-0.2, 0) is 11.2 Å². The molecular weight excluding hydrogens is 328 g/mol. The Hall–Kier alpha value is -2.24. The van der Waals surface area contributed by atoms with Crippen LogP contribution in [0.4, 0.5) is 0 Å². The molecule has 0 saturated heterocycles. The van der Waals surface area contributed by atoms with E-state index in [0.29, 0.717) is 6.04 Å². The molecule has 1 amide bonds. The summed E-state index contributed by atoms with van der Waals surface area (Å²) in [6.45, 7) is 2.97. The fourth-order valence-electron chi connectivity index (χ4n) is 3.12. The summed E-state index contributed by atoms with van der Waals surface area (Å²) in [5.74, 6) is 1.62. The molecule has 0 atom stereocenters. The normalized spacial score (nSPS) is 15.0. The second kappa shape index (κ2) is 10.0. The Morgan fingerprint density at radius 1 is 1.31 bits per heavy atom. The number of hydrogen-bond acceptors (Lipinski definition) is 3. The summed E-state index contributed by atoms with van der Waals surface area (Å²) in [5, 5.41) is 6.85. The first-order chi connectivity index (χ1) is 12.5. The van der Waals surface area contributed by atoms with Crippen LogP contribution in [0.25, 0.3) is 0 Å². The summed E-state index contributed by atoms with van der Waals surface area (Å²) in [6, 6.07) is 6.66. The molecule has 0 unspecified atom stereocenters. The maximum absolute atomic E-state index is 11.8. The minimum Gasteiger partial charge on any atom is -0.496 e. The predicted octanol–water partition coefficient (Wildman–Crippen LogP) is 2.11. The number of hydrogen-bond donors (Lipinski definition) is 2. The number of methoxy groups -OCH3 is 1. The van der Waals surface area contributed by atoms with Gasteiger partial charge in [-0.25, -0.2) is 4.99 Å². The van der Waals surface area contributed by atoms with Gasteiger partial charge in [-0.3, -0.25) is 4.79 Å². The van der Waals surface area contributed by atoms with Gasteiger partial charge in [0.25, 0.3) is 0 Å². The number of rotatable bonds is 7. The van der Waals surface area contributed by atoms with Gasteiger partial charge in [-0.05, 0) is 37.8 Å². The number of likely N-dealkylation sites (N-methyl/N-ethyl adjacent to an activating group) is 1. The SMILES string of the molecule is COc1ccc(C)cc1CCNC(=NCC(=O)N(C)C)NC1CCCC1. The number of aryl methyl sites for hydroxylation is 1. The molecule has 1 aromatic carbocycles. The van der Waals surface area contributed by atoms with Crippen molar-refractivity contribution < 1.29 is 9.53 Å². The molecule has 0 bridgehead atoms. The molecule has 1 aliphatic rings. The highest BCUT2D eigenvalue weighted by Gasteiger charge is 2.16. The number of nitrogens with zero attached hydrogens (tertiary/aromatic N) is 2. The van der Waals surface area contributed by atoms with E-state index < -0.39 is 0 Å². The van der Waals surface area contributed by atoms with E-state index in [9.17, 15) is 4.79 Å². The molecule has 144 valence electrons. The number of ether oxygens (including phenoxy) is 1. The monoisotopic (exact) mass is 360 g/mol. The van der Waals surface area contributed by atoms with Crippen LogP contribution in [0.1, 0.15) is 36.8 Å². The Morgan fingerprint density at radius 2 is 2.04 bits per heavy atom. The highest BCUT2D eigenvalue weighted by Crippen LogP contribution is 2.20. The van der Waals surface area contributed by atoms with Crippen molar-refractivity contribution >= 4 is 11.9 Å². The van der Waals surface area contributed by atoms with Crippen molar-refractivity contribution in [1.82, 2.24) is 15.5 Å². The van der Waals surface area contributed by atoms with Gasteiger partial charge in [0.15, 0.2) is 5.96 Å². The third-order valence-electron chi connectivity index (χ3n) is 4.69. The zero-order chi connectivity index (χ0) is 18.9. The molecule has 6 heteroatoms. The quantitative estimate of drug-likeness (QED) is 0.577. The number of carbonyl (C=O) groups is 1. The van der Waals surface area contributed by atoms with Crippen molar-refractivity contribution in [1.29, 1.82) is 0 Å². The zero-order valence-electron chi connectivity index (χ0n) is 16.5. The molecule has 1 saturated carbocycles. The second-order valence-electron chi connectivity index (χ2n) is 7.07. The number of guanidine groups is 1. The molecule has 1 fully saturated rings. The van der Waals surface area contributed by atoms with Crippen LogP contribution in [-0.4, -0.2) is 57.1 Å². The number of benzene rings is 1. The van der Waals surface area contributed by atoms with Crippen LogP contribution in [0, 0.1) is 6.92 Å². The predicted molar refractivity (Wildman–Crippen MR) is 106 cm³/mol. The van der Waals surface area contributed by atoms with E-state index in [4.69, 9.17) is 4.74 Å². The highest BCUT2D eigenvalue weighted by molar-refractivity contribution is 5.85. The van der Waals surface area contributed by atoms with Crippen LogP contribution in [0.15, 0.2) is 23.2 Å². The molecule has 0 heterocycles. The van der Waals surface area contributed by atoms with Crippen molar-refractivity contribution in [3.63, 3.8) is 0 Å². The standard InChI is InChI=1S/C20H32N4O2/c1-15-9-10-18(26-4)16(13-15)11-12-21-20(22-14-19(25)24(2)3)23-17-7-5-6-8-17/h9-10,13,17H,5-8,11-12,14H2,1-4H3,(H2,21,22,23).